The maximum Gasteiger partial charge on any atom is 0.258 e. The third-order valence-corrected chi connectivity index (χ3v) is 3.47. The summed E-state index contributed by atoms with van der Waals surface area (Å²) in [5, 5.41) is 3.17. The van der Waals surface area contributed by atoms with Crippen molar-refractivity contribution in [2.45, 2.75) is 26.7 Å². The molecule has 0 fully saturated rings. The average Bonchev–Trinajstić information content (AvgIpc) is 2.41. The van der Waals surface area contributed by atoms with Crippen LogP contribution >= 0.6 is 11.6 Å². The summed E-state index contributed by atoms with van der Waals surface area (Å²) in [5.74, 6) is 0.0915. The number of pyridine rings is 1. The van der Waals surface area contributed by atoms with E-state index >= 15 is 0 Å². The van der Waals surface area contributed by atoms with Crippen molar-refractivity contribution in [3.8, 4) is 0 Å². The highest BCUT2D eigenvalue weighted by Gasteiger charge is 2.15. The Kier molecular flexibility index (Phi) is 4.40. The van der Waals surface area contributed by atoms with Gasteiger partial charge in [0.2, 0.25) is 0 Å². The molecule has 0 spiro atoms. The molecule has 0 unspecified atom stereocenters. The minimum Gasteiger partial charge on any atom is -0.321 e. The van der Waals surface area contributed by atoms with E-state index in [9.17, 15) is 4.79 Å². The van der Waals surface area contributed by atoms with Crippen molar-refractivity contribution in [1.29, 1.82) is 0 Å². The largest absolute Gasteiger partial charge is 0.321 e. The van der Waals surface area contributed by atoms with Gasteiger partial charge in [0, 0.05) is 11.9 Å². The first kappa shape index (κ1) is 14.5. The van der Waals surface area contributed by atoms with Crippen LogP contribution in [-0.4, -0.2) is 10.9 Å². The molecule has 0 atom stereocenters. The minimum atomic E-state index is -0.237. The summed E-state index contributed by atoms with van der Waals surface area (Å²) in [5.41, 5.74) is 3.38. The van der Waals surface area contributed by atoms with Crippen LogP contribution < -0.4 is 5.32 Å². The molecule has 0 saturated heterocycles. The molecular weight excluding hydrogens is 272 g/mol. The highest BCUT2D eigenvalue weighted by Crippen LogP contribution is 2.28. The number of nitrogens with one attached hydrogen (secondary N) is 1. The van der Waals surface area contributed by atoms with Crippen molar-refractivity contribution in [1.82, 2.24) is 4.98 Å². The molecule has 1 aromatic heterocycles. The zero-order chi connectivity index (χ0) is 14.7. The second-order valence-corrected chi connectivity index (χ2v) is 5.35. The van der Waals surface area contributed by atoms with Gasteiger partial charge < -0.3 is 5.32 Å². The van der Waals surface area contributed by atoms with Crippen LogP contribution in [0.5, 0.6) is 0 Å². The van der Waals surface area contributed by atoms with E-state index < -0.39 is 0 Å². The Balaban J connectivity index is 2.36. The monoisotopic (exact) mass is 288 g/mol. The summed E-state index contributed by atoms with van der Waals surface area (Å²) in [6.07, 6.45) is 1.56. The van der Waals surface area contributed by atoms with E-state index in [-0.39, 0.29) is 11.1 Å². The smallest absolute Gasteiger partial charge is 0.258 e. The van der Waals surface area contributed by atoms with Gasteiger partial charge in [0.1, 0.15) is 5.15 Å². The summed E-state index contributed by atoms with van der Waals surface area (Å²) < 4.78 is 0. The van der Waals surface area contributed by atoms with Crippen molar-refractivity contribution in [2.75, 3.05) is 5.32 Å². The highest BCUT2D eigenvalue weighted by atomic mass is 35.5. The van der Waals surface area contributed by atoms with Crippen LogP contribution in [0.15, 0.2) is 36.5 Å². The topological polar surface area (TPSA) is 42.0 Å². The maximum absolute atomic E-state index is 12.3. The van der Waals surface area contributed by atoms with E-state index in [2.05, 4.69) is 24.1 Å². The Morgan fingerprint density at radius 3 is 2.65 bits per heavy atom. The molecule has 4 heteroatoms. The zero-order valence-electron chi connectivity index (χ0n) is 11.8. The van der Waals surface area contributed by atoms with Crippen LogP contribution in [0.2, 0.25) is 5.15 Å². The summed E-state index contributed by atoms with van der Waals surface area (Å²) >= 11 is 5.96. The average molecular weight is 289 g/mol. The Hall–Kier alpha value is -1.87. The van der Waals surface area contributed by atoms with Gasteiger partial charge in [-0.15, -0.1) is 0 Å². The van der Waals surface area contributed by atoms with Crippen molar-refractivity contribution in [3.63, 3.8) is 0 Å². The normalized spacial score (nSPS) is 10.7. The summed E-state index contributed by atoms with van der Waals surface area (Å²) in [7, 11) is 0. The molecule has 1 heterocycles. The third-order valence-electron chi connectivity index (χ3n) is 3.17. The fourth-order valence-corrected chi connectivity index (χ4v) is 2.28. The number of hydrogen-bond donors (Lipinski definition) is 1. The summed E-state index contributed by atoms with van der Waals surface area (Å²) in [6.45, 7) is 6.18. The first-order valence-electron chi connectivity index (χ1n) is 6.52. The lowest BCUT2D eigenvalue weighted by atomic mass is 9.98. The van der Waals surface area contributed by atoms with Crippen LogP contribution in [0, 0.1) is 6.92 Å². The van der Waals surface area contributed by atoms with Gasteiger partial charge in [-0.2, -0.15) is 0 Å². The van der Waals surface area contributed by atoms with Crippen LogP contribution in [0.3, 0.4) is 0 Å². The van der Waals surface area contributed by atoms with Gasteiger partial charge in [0.25, 0.3) is 5.91 Å². The van der Waals surface area contributed by atoms with E-state index in [1.807, 2.05) is 25.1 Å². The molecule has 2 aromatic rings. The predicted octanol–water partition coefficient (Wildman–Crippen LogP) is 4.42. The van der Waals surface area contributed by atoms with Gasteiger partial charge in [-0.1, -0.05) is 43.6 Å². The molecule has 104 valence electrons. The molecule has 1 N–H and O–H groups in total. The number of carbonyl (C=O) groups is 1. The number of anilines is 1. The van der Waals surface area contributed by atoms with Gasteiger partial charge in [0.15, 0.2) is 0 Å². The zero-order valence-corrected chi connectivity index (χ0v) is 12.5. The molecule has 1 amide bonds. The van der Waals surface area contributed by atoms with Gasteiger partial charge in [-0.3, -0.25) is 4.79 Å². The molecule has 3 nitrogen and oxygen atoms in total. The fraction of sp³-hybridized carbons (Fsp3) is 0.250. The van der Waals surface area contributed by atoms with Gasteiger partial charge in [-0.25, -0.2) is 4.98 Å². The molecule has 2 rings (SSSR count). The van der Waals surface area contributed by atoms with Gasteiger partial charge >= 0.3 is 0 Å². The highest BCUT2D eigenvalue weighted by molar-refractivity contribution is 6.33. The third kappa shape index (κ3) is 2.99. The van der Waals surface area contributed by atoms with Crippen molar-refractivity contribution >= 4 is 23.2 Å². The lowest BCUT2D eigenvalue weighted by molar-refractivity contribution is 0.102. The number of halogens is 1. The summed E-state index contributed by atoms with van der Waals surface area (Å²) in [4.78, 5) is 16.3. The van der Waals surface area contributed by atoms with E-state index in [1.165, 1.54) is 0 Å². The van der Waals surface area contributed by atoms with E-state index in [1.54, 1.807) is 18.3 Å². The molecule has 0 saturated carbocycles. The van der Waals surface area contributed by atoms with Crippen LogP contribution in [0.1, 0.15) is 41.3 Å². The first-order chi connectivity index (χ1) is 9.50. The van der Waals surface area contributed by atoms with Crippen molar-refractivity contribution in [2.24, 2.45) is 0 Å². The van der Waals surface area contributed by atoms with Gasteiger partial charge in [0.05, 0.1) is 5.56 Å². The Morgan fingerprint density at radius 2 is 2.00 bits per heavy atom. The SMILES string of the molecule is Cc1cccc(C(C)C)c1NC(=O)c1cccnc1Cl. The number of carbonyl (C=O) groups excluding carboxylic acids is 1. The Labute approximate surface area is 124 Å². The van der Waals surface area contributed by atoms with Crippen LogP contribution in [0.25, 0.3) is 0 Å². The number of hydrogen-bond acceptors (Lipinski definition) is 2. The minimum absolute atomic E-state index is 0.213. The van der Waals surface area contributed by atoms with E-state index in [4.69, 9.17) is 11.6 Å². The molecule has 20 heavy (non-hydrogen) atoms. The second kappa shape index (κ2) is 6.06. The first-order valence-corrected chi connectivity index (χ1v) is 6.90. The molecule has 0 bridgehead atoms. The van der Waals surface area contributed by atoms with E-state index in [0.717, 1.165) is 16.8 Å². The molecule has 0 radical (unpaired) electrons. The lowest BCUT2D eigenvalue weighted by Gasteiger charge is -2.16. The quantitative estimate of drug-likeness (QED) is 0.850. The number of aromatic nitrogens is 1. The molecular formula is C16H17ClN2O. The van der Waals surface area contributed by atoms with Crippen LogP contribution in [-0.2, 0) is 0 Å². The number of benzene rings is 1. The number of para-hydroxylation sites is 1. The predicted molar refractivity (Wildman–Crippen MR) is 82.5 cm³/mol. The fourth-order valence-electron chi connectivity index (χ4n) is 2.08. The number of nitrogens with zero attached hydrogens (tertiary/aromatic N) is 1. The number of rotatable bonds is 3. The summed E-state index contributed by atoms with van der Waals surface area (Å²) in [6, 6.07) is 9.36. The van der Waals surface area contributed by atoms with Crippen molar-refractivity contribution in [3.05, 3.63) is 58.4 Å². The number of amides is 1. The molecule has 0 aliphatic rings. The Morgan fingerprint density at radius 1 is 1.25 bits per heavy atom. The van der Waals surface area contributed by atoms with E-state index in [0.29, 0.717) is 11.5 Å². The maximum atomic E-state index is 12.3. The number of aryl methyl sites for hydroxylation is 1. The Bertz CT molecular complexity index is 638. The molecule has 0 aliphatic carbocycles. The molecule has 1 aromatic carbocycles. The van der Waals surface area contributed by atoms with Gasteiger partial charge in [-0.05, 0) is 36.1 Å². The molecule has 0 aliphatic heterocycles. The lowest BCUT2D eigenvalue weighted by Crippen LogP contribution is -2.15. The second-order valence-electron chi connectivity index (χ2n) is 4.99. The standard InChI is InChI=1S/C16H17ClN2O/c1-10(2)12-7-4-6-11(3)14(12)19-16(20)13-8-5-9-18-15(13)17/h4-10H,1-3H3,(H,19,20). The van der Waals surface area contributed by atoms with Crippen molar-refractivity contribution < 1.29 is 4.79 Å². The van der Waals surface area contributed by atoms with Crippen LogP contribution in [0.4, 0.5) is 5.69 Å².